The van der Waals surface area contributed by atoms with Crippen molar-refractivity contribution in [3.63, 3.8) is 0 Å². The summed E-state index contributed by atoms with van der Waals surface area (Å²) in [6.45, 7) is 2.21. The van der Waals surface area contributed by atoms with Crippen LogP contribution in [0.3, 0.4) is 0 Å². The number of allylic oxidation sites excluding steroid dienone is 4. The zero-order valence-electron chi connectivity index (χ0n) is 10.7. The number of imidazole rings is 1. The second-order valence-corrected chi connectivity index (χ2v) is 5.55. The van der Waals surface area contributed by atoms with Crippen molar-refractivity contribution in [2.75, 3.05) is 4.90 Å². The maximum atomic E-state index is 5.42. The lowest BCUT2D eigenvalue weighted by Gasteiger charge is -2.38. The Labute approximate surface area is 118 Å². The predicted octanol–water partition coefficient (Wildman–Crippen LogP) is 3.66. The van der Waals surface area contributed by atoms with Crippen LogP contribution in [-0.4, -0.2) is 15.1 Å². The molecule has 3 aliphatic rings. The first kappa shape index (κ1) is 11.1. The lowest BCUT2D eigenvalue weighted by molar-refractivity contribution is 0.622. The highest BCUT2D eigenvalue weighted by Gasteiger charge is 2.49. The third-order valence-electron chi connectivity index (χ3n) is 4.19. The molecule has 2 aliphatic heterocycles. The molecule has 1 unspecified atom stereocenters. The molecule has 1 aliphatic carbocycles. The van der Waals surface area contributed by atoms with E-state index >= 15 is 0 Å². The van der Waals surface area contributed by atoms with E-state index in [1.807, 2.05) is 0 Å². The van der Waals surface area contributed by atoms with Gasteiger partial charge in [-0.3, -0.25) is 4.57 Å². The quantitative estimate of drug-likeness (QED) is 0.775. The number of anilines is 1. The van der Waals surface area contributed by atoms with Gasteiger partial charge in [0.25, 0.3) is 0 Å². The highest BCUT2D eigenvalue weighted by Crippen LogP contribution is 2.50. The van der Waals surface area contributed by atoms with E-state index in [4.69, 9.17) is 12.6 Å². The first-order chi connectivity index (χ1) is 9.26. The van der Waals surface area contributed by atoms with E-state index in [0.717, 1.165) is 23.8 Å². The maximum Gasteiger partial charge on any atom is 0.216 e. The largest absolute Gasteiger partial charge is 0.303 e. The average Bonchev–Trinajstić information content (AvgIpc) is 2.94. The first-order valence-electron chi connectivity index (χ1n) is 6.57. The molecular weight excluding hydrogens is 254 g/mol. The van der Waals surface area contributed by atoms with Gasteiger partial charge in [-0.25, -0.2) is 4.98 Å². The molecule has 0 aromatic carbocycles. The van der Waals surface area contributed by atoms with E-state index in [-0.39, 0.29) is 5.54 Å². The van der Waals surface area contributed by atoms with Crippen LogP contribution in [0.1, 0.15) is 19.8 Å². The van der Waals surface area contributed by atoms with Crippen LogP contribution in [0.4, 0.5) is 5.95 Å². The average molecular weight is 268 g/mol. The minimum Gasteiger partial charge on any atom is -0.303 e. The molecule has 0 amide bonds. The van der Waals surface area contributed by atoms with Gasteiger partial charge in [0.15, 0.2) is 0 Å². The van der Waals surface area contributed by atoms with E-state index in [1.165, 1.54) is 11.3 Å². The Morgan fingerprint density at radius 2 is 2.26 bits per heavy atom. The van der Waals surface area contributed by atoms with Crippen molar-refractivity contribution in [3.8, 4) is 0 Å². The van der Waals surface area contributed by atoms with E-state index < -0.39 is 0 Å². The van der Waals surface area contributed by atoms with Gasteiger partial charge >= 0.3 is 0 Å². The monoisotopic (exact) mass is 268 g/mol. The Hall–Kier alpha value is -1.81. The van der Waals surface area contributed by atoms with E-state index in [9.17, 15) is 0 Å². The van der Waals surface area contributed by atoms with Crippen LogP contribution in [0.15, 0.2) is 53.4 Å². The van der Waals surface area contributed by atoms with Gasteiger partial charge in [0, 0.05) is 12.6 Å². The Morgan fingerprint density at radius 1 is 1.37 bits per heavy atom. The van der Waals surface area contributed by atoms with Gasteiger partial charge in [0.1, 0.15) is 10.6 Å². The first-order valence-corrected chi connectivity index (χ1v) is 6.98. The molecule has 4 heteroatoms. The van der Waals surface area contributed by atoms with Gasteiger partial charge in [-0.2, -0.15) is 0 Å². The zero-order valence-corrected chi connectivity index (χ0v) is 11.5. The van der Waals surface area contributed by atoms with Crippen molar-refractivity contribution in [2.24, 2.45) is 0 Å². The van der Waals surface area contributed by atoms with Gasteiger partial charge in [-0.1, -0.05) is 43.4 Å². The zero-order chi connectivity index (χ0) is 13.0. The van der Waals surface area contributed by atoms with Gasteiger partial charge in [-0.15, -0.1) is 0 Å². The Morgan fingerprint density at radius 3 is 3.11 bits per heavy atom. The minimum atomic E-state index is -0.119. The fraction of sp³-hybridized carbons (Fsp3) is 0.267. The molecule has 0 saturated carbocycles. The molecule has 95 valence electrons. The molecule has 0 fully saturated rings. The lowest BCUT2D eigenvalue weighted by Crippen LogP contribution is -2.44. The lowest BCUT2D eigenvalue weighted by atomic mass is 9.81. The number of aromatic nitrogens is 2. The normalized spacial score (nSPS) is 26.7. The maximum absolute atomic E-state index is 5.42. The summed E-state index contributed by atoms with van der Waals surface area (Å²) >= 11 is 5.42. The number of rotatable bonds is 1. The van der Waals surface area contributed by atoms with Gasteiger partial charge in [0.05, 0.1) is 11.9 Å². The van der Waals surface area contributed by atoms with Crippen LogP contribution >= 0.6 is 12.6 Å². The van der Waals surface area contributed by atoms with Crippen molar-refractivity contribution in [2.45, 2.75) is 30.3 Å². The minimum absolute atomic E-state index is 0.119. The smallest absolute Gasteiger partial charge is 0.216 e. The molecular formula is C15H14N3S. The molecule has 0 N–H and O–H groups in total. The van der Waals surface area contributed by atoms with E-state index in [0.29, 0.717) is 0 Å². The van der Waals surface area contributed by atoms with Crippen LogP contribution < -0.4 is 4.90 Å². The van der Waals surface area contributed by atoms with E-state index in [1.54, 1.807) is 6.20 Å². The summed E-state index contributed by atoms with van der Waals surface area (Å²) in [6, 6.07) is 0. The van der Waals surface area contributed by atoms with Crippen LogP contribution in [0.5, 0.6) is 0 Å². The summed E-state index contributed by atoms with van der Waals surface area (Å²) in [4.78, 5) is 6.73. The van der Waals surface area contributed by atoms with Crippen LogP contribution in [-0.2, 0) is 0 Å². The number of fused-ring (bicyclic) bond motifs is 3. The number of hydrogen-bond donors (Lipinski definition) is 0. The van der Waals surface area contributed by atoms with Crippen molar-refractivity contribution in [1.29, 1.82) is 0 Å². The van der Waals surface area contributed by atoms with Crippen LogP contribution in [0.25, 0.3) is 5.70 Å². The standard InChI is InChI=1S/C15H14N3S/c1-2-11-5-6-12-15(9-11)7-3-4-8-17(15)14-16-10-13(19)18(12)14/h3-8,10H,2,9H2,1H3. The SMILES string of the molecule is CCC1=CC=C2n3c([S])cnc3N3C=CC=CC23C1. The van der Waals surface area contributed by atoms with Crippen LogP contribution in [0.2, 0.25) is 0 Å². The molecule has 1 radical (unpaired) electrons. The third-order valence-corrected chi connectivity index (χ3v) is 4.47. The van der Waals surface area contributed by atoms with Gasteiger partial charge in [0.2, 0.25) is 5.95 Å². The fourth-order valence-corrected chi connectivity index (χ4v) is 3.47. The molecule has 1 aromatic heterocycles. The highest BCUT2D eigenvalue weighted by atomic mass is 32.1. The van der Waals surface area contributed by atoms with Gasteiger partial charge in [-0.05, 0) is 18.6 Å². The Balaban J connectivity index is 1.99. The Kier molecular flexibility index (Phi) is 2.10. The molecule has 1 spiro atoms. The van der Waals surface area contributed by atoms with Crippen molar-refractivity contribution >= 4 is 24.3 Å². The highest BCUT2D eigenvalue weighted by molar-refractivity contribution is 7.80. The molecule has 3 nitrogen and oxygen atoms in total. The van der Waals surface area contributed by atoms with Crippen molar-refractivity contribution in [1.82, 2.24) is 9.55 Å². The van der Waals surface area contributed by atoms with Crippen molar-refractivity contribution in [3.05, 3.63) is 48.4 Å². The number of nitrogens with zero attached hydrogens (tertiary/aromatic N) is 3. The molecule has 1 aromatic rings. The molecule has 0 saturated heterocycles. The second kappa shape index (κ2) is 3.61. The summed E-state index contributed by atoms with van der Waals surface area (Å²) in [5, 5.41) is 0.783. The second-order valence-electron chi connectivity index (χ2n) is 5.13. The summed E-state index contributed by atoms with van der Waals surface area (Å²) < 4.78 is 2.10. The summed E-state index contributed by atoms with van der Waals surface area (Å²) in [5.74, 6) is 0.933. The summed E-state index contributed by atoms with van der Waals surface area (Å²) in [6.07, 6.45) is 16.8. The molecule has 0 bridgehead atoms. The summed E-state index contributed by atoms with van der Waals surface area (Å²) in [5.41, 5.74) is 2.57. The molecule has 19 heavy (non-hydrogen) atoms. The van der Waals surface area contributed by atoms with Gasteiger partial charge < -0.3 is 4.90 Å². The topological polar surface area (TPSA) is 21.1 Å². The van der Waals surface area contributed by atoms with Crippen molar-refractivity contribution < 1.29 is 0 Å². The molecule has 1 atom stereocenters. The Bertz CT molecular complexity index is 678. The fourth-order valence-electron chi connectivity index (χ4n) is 3.23. The van der Waals surface area contributed by atoms with Crippen LogP contribution in [0, 0.1) is 0 Å². The molecule has 3 heterocycles. The van der Waals surface area contributed by atoms with E-state index in [2.05, 4.69) is 58.0 Å². The third kappa shape index (κ3) is 1.24. The predicted molar refractivity (Wildman–Crippen MR) is 78.8 cm³/mol. The number of hydrogen-bond acceptors (Lipinski definition) is 2. The summed E-state index contributed by atoms with van der Waals surface area (Å²) in [7, 11) is 0. The molecule has 4 rings (SSSR count).